The Bertz CT molecular complexity index is 315. The molecule has 0 aliphatic carbocycles. The summed E-state index contributed by atoms with van der Waals surface area (Å²) < 4.78 is 0. The SMILES string of the molecule is CC(C)(C)CNC(=O)NC(=O)C=CC(=O)O. The Labute approximate surface area is 93.7 Å². The molecule has 0 saturated carbocycles. The molecule has 6 nitrogen and oxygen atoms in total. The molecule has 0 atom stereocenters. The number of rotatable bonds is 3. The molecule has 16 heavy (non-hydrogen) atoms. The Balaban J connectivity index is 3.97. The van der Waals surface area contributed by atoms with E-state index in [4.69, 9.17) is 5.11 Å². The van der Waals surface area contributed by atoms with Crippen molar-refractivity contribution in [3.63, 3.8) is 0 Å². The molecule has 0 rings (SSSR count). The van der Waals surface area contributed by atoms with Gasteiger partial charge in [0.25, 0.3) is 5.91 Å². The van der Waals surface area contributed by atoms with Gasteiger partial charge in [0.2, 0.25) is 0 Å². The number of hydrogen-bond acceptors (Lipinski definition) is 3. The normalized spacial score (nSPS) is 11.2. The second-order valence-electron chi connectivity index (χ2n) is 4.40. The number of aliphatic carboxylic acids is 1. The number of amides is 3. The molecule has 0 aromatic heterocycles. The van der Waals surface area contributed by atoms with Crippen molar-refractivity contribution in [2.45, 2.75) is 20.8 Å². The molecule has 0 bridgehead atoms. The predicted octanol–water partition coefficient (Wildman–Crippen LogP) is 0.499. The van der Waals surface area contributed by atoms with Crippen molar-refractivity contribution in [3.05, 3.63) is 12.2 Å². The summed E-state index contributed by atoms with van der Waals surface area (Å²) in [6.07, 6.45) is 1.44. The number of urea groups is 1. The summed E-state index contributed by atoms with van der Waals surface area (Å²) >= 11 is 0. The Morgan fingerprint density at radius 3 is 2.19 bits per heavy atom. The maximum atomic E-state index is 11.1. The summed E-state index contributed by atoms with van der Waals surface area (Å²) in [6.45, 7) is 6.20. The summed E-state index contributed by atoms with van der Waals surface area (Å²) in [6, 6.07) is -0.644. The number of imide groups is 1. The van der Waals surface area contributed by atoms with Crippen LogP contribution in [0.4, 0.5) is 4.79 Å². The first-order valence-corrected chi connectivity index (χ1v) is 4.70. The van der Waals surface area contributed by atoms with Gasteiger partial charge in [0, 0.05) is 18.7 Å². The molecule has 6 heteroatoms. The smallest absolute Gasteiger partial charge is 0.328 e. The quantitative estimate of drug-likeness (QED) is 0.613. The van der Waals surface area contributed by atoms with Gasteiger partial charge in [-0.2, -0.15) is 0 Å². The highest BCUT2D eigenvalue weighted by molar-refractivity contribution is 6.02. The van der Waals surface area contributed by atoms with Gasteiger partial charge >= 0.3 is 12.0 Å². The van der Waals surface area contributed by atoms with E-state index >= 15 is 0 Å². The van der Waals surface area contributed by atoms with E-state index < -0.39 is 17.9 Å². The third-order valence-corrected chi connectivity index (χ3v) is 1.39. The summed E-state index contributed by atoms with van der Waals surface area (Å²) in [4.78, 5) is 32.2. The van der Waals surface area contributed by atoms with Crippen LogP contribution >= 0.6 is 0 Å². The second-order valence-corrected chi connectivity index (χ2v) is 4.40. The van der Waals surface area contributed by atoms with Crippen LogP contribution in [-0.2, 0) is 9.59 Å². The molecule has 0 aliphatic rings. The van der Waals surface area contributed by atoms with E-state index in [-0.39, 0.29) is 5.41 Å². The van der Waals surface area contributed by atoms with Gasteiger partial charge < -0.3 is 10.4 Å². The highest BCUT2D eigenvalue weighted by Gasteiger charge is 2.12. The first kappa shape index (κ1) is 14.2. The largest absolute Gasteiger partial charge is 0.478 e. The lowest BCUT2D eigenvalue weighted by Gasteiger charge is -2.18. The average molecular weight is 228 g/mol. The fraction of sp³-hybridized carbons (Fsp3) is 0.500. The molecule has 0 aliphatic heterocycles. The zero-order chi connectivity index (χ0) is 12.8. The van der Waals surface area contributed by atoms with Crippen molar-refractivity contribution in [3.8, 4) is 0 Å². The number of carboxylic acids is 1. The zero-order valence-corrected chi connectivity index (χ0v) is 9.53. The Hall–Kier alpha value is -1.85. The van der Waals surface area contributed by atoms with Crippen molar-refractivity contribution in [1.82, 2.24) is 10.6 Å². The molecule has 3 N–H and O–H groups in total. The molecule has 0 heterocycles. The summed E-state index contributed by atoms with van der Waals surface area (Å²) in [5.74, 6) is -2.01. The number of hydrogen-bond donors (Lipinski definition) is 3. The number of carboxylic acid groups (broad SMARTS) is 1. The van der Waals surface area contributed by atoms with Crippen LogP contribution in [0.25, 0.3) is 0 Å². The third kappa shape index (κ3) is 8.74. The van der Waals surface area contributed by atoms with E-state index in [1.165, 1.54) is 0 Å². The van der Waals surface area contributed by atoms with Gasteiger partial charge in [0.1, 0.15) is 0 Å². The molecule has 0 aromatic rings. The fourth-order valence-corrected chi connectivity index (χ4v) is 0.690. The van der Waals surface area contributed by atoms with Gasteiger partial charge in [-0.15, -0.1) is 0 Å². The van der Waals surface area contributed by atoms with Gasteiger partial charge in [-0.05, 0) is 5.41 Å². The van der Waals surface area contributed by atoms with Crippen molar-refractivity contribution in [2.24, 2.45) is 5.41 Å². The van der Waals surface area contributed by atoms with Crippen LogP contribution in [0.3, 0.4) is 0 Å². The third-order valence-electron chi connectivity index (χ3n) is 1.39. The predicted molar refractivity (Wildman–Crippen MR) is 57.8 cm³/mol. The summed E-state index contributed by atoms with van der Waals surface area (Å²) in [7, 11) is 0. The summed E-state index contributed by atoms with van der Waals surface area (Å²) in [5.41, 5.74) is -0.0860. The van der Waals surface area contributed by atoms with Crippen LogP contribution in [0.5, 0.6) is 0 Å². The van der Waals surface area contributed by atoms with Gasteiger partial charge in [-0.25, -0.2) is 9.59 Å². The highest BCUT2D eigenvalue weighted by Crippen LogP contribution is 2.09. The molecular formula is C10H16N2O4. The standard InChI is InChI=1S/C10H16N2O4/c1-10(2,3)6-11-9(16)12-7(13)4-5-8(14)15/h4-5H,6H2,1-3H3,(H,14,15)(H2,11,12,13,16). The van der Waals surface area contributed by atoms with Crippen molar-refractivity contribution >= 4 is 17.9 Å². The van der Waals surface area contributed by atoms with Crippen LogP contribution in [0.15, 0.2) is 12.2 Å². The van der Waals surface area contributed by atoms with E-state index in [0.717, 1.165) is 6.08 Å². The first-order valence-electron chi connectivity index (χ1n) is 4.70. The van der Waals surface area contributed by atoms with Crippen LogP contribution in [0, 0.1) is 5.41 Å². The van der Waals surface area contributed by atoms with Crippen LogP contribution in [-0.4, -0.2) is 29.6 Å². The van der Waals surface area contributed by atoms with Crippen molar-refractivity contribution in [1.29, 1.82) is 0 Å². The topological polar surface area (TPSA) is 95.5 Å². The minimum Gasteiger partial charge on any atom is -0.478 e. The molecule has 0 aromatic carbocycles. The van der Waals surface area contributed by atoms with Crippen LogP contribution in [0.2, 0.25) is 0 Å². The number of nitrogens with one attached hydrogen (secondary N) is 2. The Morgan fingerprint density at radius 1 is 1.19 bits per heavy atom. The Kier molecular flexibility index (Phi) is 5.21. The molecule has 0 radical (unpaired) electrons. The highest BCUT2D eigenvalue weighted by atomic mass is 16.4. The molecular weight excluding hydrogens is 212 g/mol. The lowest BCUT2D eigenvalue weighted by molar-refractivity contribution is -0.131. The van der Waals surface area contributed by atoms with E-state index in [1.807, 2.05) is 26.1 Å². The van der Waals surface area contributed by atoms with Crippen LogP contribution in [0.1, 0.15) is 20.8 Å². The zero-order valence-electron chi connectivity index (χ0n) is 9.53. The van der Waals surface area contributed by atoms with Crippen molar-refractivity contribution < 1.29 is 19.5 Å². The van der Waals surface area contributed by atoms with Crippen molar-refractivity contribution in [2.75, 3.05) is 6.54 Å². The molecule has 0 saturated heterocycles. The molecule has 90 valence electrons. The van der Waals surface area contributed by atoms with Gasteiger partial charge in [-0.1, -0.05) is 20.8 Å². The van der Waals surface area contributed by atoms with E-state index in [0.29, 0.717) is 12.6 Å². The molecule has 0 spiro atoms. The van der Waals surface area contributed by atoms with E-state index in [9.17, 15) is 14.4 Å². The van der Waals surface area contributed by atoms with E-state index in [2.05, 4.69) is 5.32 Å². The van der Waals surface area contributed by atoms with Gasteiger partial charge in [0.05, 0.1) is 0 Å². The molecule has 0 fully saturated rings. The second kappa shape index (κ2) is 5.89. The first-order chi connectivity index (χ1) is 7.20. The maximum Gasteiger partial charge on any atom is 0.328 e. The lowest BCUT2D eigenvalue weighted by atomic mass is 9.97. The lowest BCUT2D eigenvalue weighted by Crippen LogP contribution is -2.42. The Morgan fingerprint density at radius 2 is 1.75 bits per heavy atom. The fourth-order valence-electron chi connectivity index (χ4n) is 0.690. The summed E-state index contributed by atoms with van der Waals surface area (Å²) in [5, 5.41) is 12.7. The monoisotopic (exact) mass is 228 g/mol. The maximum absolute atomic E-state index is 11.1. The van der Waals surface area contributed by atoms with Gasteiger partial charge in [0.15, 0.2) is 0 Å². The minimum atomic E-state index is -1.25. The molecule has 3 amide bonds. The molecule has 0 unspecified atom stereocenters. The number of carbonyl (C=O) groups is 3. The minimum absolute atomic E-state index is 0.0860. The van der Waals surface area contributed by atoms with Crippen LogP contribution < -0.4 is 10.6 Å². The average Bonchev–Trinajstić information content (AvgIpc) is 2.10. The number of carbonyl (C=O) groups excluding carboxylic acids is 2. The van der Waals surface area contributed by atoms with E-state index in [1.54, 1.807) is 0 Å². The van der Waals surface area contributed by atoms with Gasteiger partial charge in [-0.3, -0.25) is 10.1 Å².